The summed E-state index contributed by atoms with van der Waals surface area (Å²) >= 11 is 0.916. The van der Waals surface area contributed by atoms with Gasteiger partial charge in [-0.3, -0.25) is 9.59 Å². The van der Waals surface area contributed by atoms with Crippen LogP contribution < -0.4 is 10.6 Å². The van der Waals surface area contributed by atoms with Crippen molar-refractivity contribution in [2.45, 2.75) is 32.4 Å². The normalized spacial score (nSPS) is 17.2. The third-order valence-electron chi connectivity index (χ3n) is 4.42. The predicted octanol–water partition coefficient (Wildman–Crippen LogP) is 2.63. The van der Waals surface area contributed by atoms with Crippen molar-refractivity contribution in [1.29, 1.82) is 0 Å². The van der Waals surface area contributed by atoms with Gasteiger partial charge in [-0.15, -0.1) is 11.3 Å². The minimum Gasteiger partial charge on any atom is -0.476 e. The quantitative estimate of drug-likeness (QED) is 0.575. The number of carboxylic acid groups (broad SMARTS) is 1. The van der Waals surface area contributed by atoms with Crippen molar-refractivity contribution in [3.8, 4) is 0 Å². The highest BCUT2D eigenvalue weighted by molar-refractivity contribution is 7.14. The largest absolute Gasteiger partial charge is 0.476 e. The fraction of sp³-hybridized carbons (Fsp3) is 0.316. The van der Waals surface area contributed by atoms with Crippen LogP contribution >= 0.6 is 11.3 Å². The van der Waals surface area contributed by atoms with Gasteiger partial charge in [0, 0.05) is 5.38 Å². The SMILES string of the molecule is CC(C)CC(C(=O)Nc1nc(C(=O)O)cs1)N1C(=O)NC(c2cccc(F)c2)C1=O. The van der Waals surface area contributed by atoms with E-state index in [1.54, 1.807) is 0 Å². The molecule has 1 aromatic heterocycles. The lowest BCUT2D eigenvalue weighted by molar-refractivity contribution is -0.134. The number of nitrogens with one attached hydrogen (secondary N) is 2. The summed E-state index contributed by atoms with van der Waals surface area (Å²) in [7, 11) is 0. The number of rotatable bonds is 7. The van der Waals surface area contributed by atoms with Crippen molar-refractivity contribution in [2.75, 3.05) is 5.32 Å². The second-order valence-corrected chi connectivity index (χ2v) is 7.98. The summed E-state index contributed by atoms with van der Waals surface area (Å²) in [4.78, 5) is 54.0. The number of carbonyl (C=O) groups is 4. The van der Waals surface area contributed by atoms with Gasteiger partial charge in [0.1, 0.15) is 17.9 Å². The number of nitrogens with zero attached hydrogens (tertiary/aromatic N) is 2. The second kappa shape index (κ2) is 8.57. The number of carboxylic acids is 1. The molecule has 4 amide bonds. The molecule has 0 aliphatic carbocycles. The van der Waals surface area contributed by atoms with Crippen LogP contribution in [0.25, 0.3) is 0 Å². The molecule has 1 aromatic carbocycles. The first-order valence-electron chi connectivity index (χ1n) is 9.06. The van der Waals surface area contributed by atoms with Crippen molar-refractivity contribution in [1.82, 2.24) is 15.2 Å². The van der Waals surface area contributed by atoms with Crippen molar-refractivity contribution in [3.63, 3.8) is 0 Å². The van der Waals surface area contributed by atoms with Crippen LogP contribution in [0.4, 0.5) is 14.3 Å². The van der Waals surface area contributed by atoms with E-state index < -0.39 is 41.7 Å². The fourth-order valence-electron chi connectivity index (χ4n) is 3.10. The lowest BCUT2D eigenvalue weighted by Gasteiger charge is -2.25. The Hall–Kier alpha value is -3.34. The van der Waals surface area contributed by atoms with Gasteiger partial charge in [0.25, 0.3) is 5.91 Å². The average molecular weight is 434 g/mol. The lowest BCUT2D eigenvalue weighted by Crippen LogP contribution is -2.48. The number of benzene rings is 1. The summed E-state index contributed by atoms with van der Waals surface area (Å²) in [5.74, 6) is -3.17. The molecule has 1 aliphatic heterocycles. The number of thiazole rings is 1. The Morgan fingerprint density at radius 1 is 1.37 bits per heavy atom. The highest BCUT2D eigenvalue weighted by atomic mass is 32.1. The molecule has 2 aromatic rings. The number of hydrogen-bond acceptors (Lipinski definition) is 6. The molecule has 3 N–H and O–H groups in total. The first kappa shape index (κ1) is 21.4. The Bertz CT molecular complexity index is 1010. The van der Waals surface area contributed by atoms with Gasteiger partial charge in [-0.1, -0.05) is 26.0 Å². The van der Waals surface area contributed by atoms with Crippen LogP contribution in [0, 0.1) is 11.7 Å². The summed E-state index contributed by atoms with van der Waals surface area (Å²) in [5, 5.41) is 15.2. The van der Waals surface area contributed by atoms with E-state index in [1.165, 1.54) is 23.6 Å². The van der Waals surface area contributed by atoms with Crippen LogP contribution in [0.2, 0.25) is 0 Å². The second-order valence-electron chi connectivity index (χ2n) is 7.12. The Labute approximate surface area is 174 Å². The molecule has 1 fully saturated rings. The molecule has 2 atom stereocenters. The average Bonchev–Trinajstić information content (AvgIpc) is 3.24. The molecule has 2 heterocycles. The standard InChI is InChI=1S/C19H19FN4O5S/c1-9(2)6-13(15(25)23-18-21-12(8-30-18)17(27)28)24-16(26)14(22-19(24)29)10-4-3-5-11(20)7-10/h3-5,7-9,13-14H,6H2,1-2H3,(H,22,29)(H,27,28)(H,21,23,25). The number of halogens is 1. The first-order chi connectivity index (χ1) is 14.2. The summed E-state index contributed by atoms with van der Waals surface area (Å²) in [6.45, 7) is 3.66. The maximum absolute atomic E-state index is 13.6. The Morgan fingerprint density at radius 3 is 2.70 bits per heavy atom. The van der Waals surface area contributed by atoms with Crippen LogP contribution in [0.1, 0.15) is 42.4 Å². The van der Waals surface area contributed by atoms with Gasteiger partial charge in [0.15, 0.2) is 10.8 Å². The first-order valence-corrected chi connectivity index (χ1v) is 9.94. The minimum absolute atomic E-state index is 0.0413. The summed E-state index contributed by atoms with van der Waals surface area (Å²) in [5.41, 5.74) is 0.0439. The van der Waals surface area contributed by atoms with Crippen LogP contribution in [0.3, 0.4) is 0 Å². The third-order valence-corrected chi connectivity index (χ3v) is 5.17. The summed E-state index contributed by atoms with van der Waals surface area (Å²) < 4.78 is 13.6. The molecular weight excluding hydrogens is 415 g/mol. The molecule has 0 saturated carbocycles. The van der Waals surface area contributed by atoms with E-state index in [9.17, 15) is 23.6 Å². The van der Waals surface area contributed by atoms with Crippen molar-refractivity contribution >= 4 is 40.3 Å². The van der Waals surface area contributed by atoms with Crippen LogP contribution in [0.15, 0.2) is 29.6 Å². The van der Waals surface area contributed by atoms with Gasteiger partial charge < -0.3 is 15.7 Å². The predicted molar refractivity (Wildman–Crippen MR) is 105 cm³/mol. The Balaban J connectivity index is 1.84. The van der Waals surface area contributed by atoms with Crippen molar-refractivity contribution < 1.29 is 28.7 Å². The van der Waals surface area contributed by atoms with Crippen LogP contribution in [-0.2, 0) is 9.59 Å². The molecule has 9 nitrogen and oxygen atoms in total. The van der Waals surface area contributed by atoms with Gasteiger partial charge in [-0.05, 0) is 30.0 Å². The van der Waals surface area contributed by atoms with Gasteiger partial charge in [0.2, 0.25) is 5.91 Å². The van der Waals surface area contributed by atoms with Crippen molar-refractivity contribution in [2.24, 2.45) is 5.92 Å². The number of anilines is 1. The fourth-order valence-corrected chi connectivity index (χ4v) is 3.78. The Kier molecular flexibility index (Phi) is 6.11. The van der Waals surface area contributed by atoms with E-state index in [1.807, 2.05) is 13.8 Å². The number of urea groups is 1. The molecule has 1 aliphatic rings. The molecule has 2 unspecified atom stereocenters. The van der Waals surface area contributed by atoms with Gasteiger partial charge in [0.05, 0.1) is 0 Å². The van der Waals surface area contributed by atoms with Crippen LogP contribution in [0.5, 0.6) is 0 Å². The van der Waals surface area contributed by atoms with Gasteiger partial charge in [-0.2, -0.15) is 0 Å². The number of amides is 4. The highest BCUT2D eigenvalue weighted by Crippen LogP contribution is 2.27. The smallest absolute Gasteiger partial charge is 0.355 e. The van der Waals surface area contributed by atoms with Crippen molar-refractivity contribution in [3.05, 3.63) is 46.7 Å². The molecular formula is C19H19FN4O5S. The number of aromatic carboxylic acids is 1. The molecule has 11 heteroatoms. The minimum atomic E-state index is -1.24. The molecule has 0 radical (unpaired) electrons. The number of carbonyl (C=O) groups excluding carboxylic acids is 3. The molecule has 158 valence electrons. The molecule has 0 spiro atoms. The third kappa shape index (κ3) is 4.46. The number of aromatic nitrogens is 1. The maximum Gasteiger partial charge on any atom is 0.355 e. The zero-order valence-corrected chi connectivity index (χ0v) is 16.9. The summed E-state index contributed by atoms with van der Waals surface area (Å²) in [6.07, 6.45) is 0.179. The van der Waals surface area contributed by atoms with Crippen LogP contribution in [-0.4, -0.2) is 44.8 Å². The zero-order valence-electron chi connectivity index (χ0n) is 16.1. The summed E-state index contributed by atoms with van der Waals surface area (Å²) in [6, 6.07) is 2.29. The molecule has 0 bridgehead atoms. The van der Waals surface area contributed by atoms with E-state index in [-0.39, 0.29) is 28.7 Å². The zero-order chi connectivity index (χ0) is 22.0. The van der Waals surface area contributed by atoms with E-state index in [0.29, 0.717) is 0 Å². The monoisotopic (exact) mass is 434 g/mol. The van der Waals surface area contributed by atoms with Gasteiger partial charge in [-0.25, -0.2) is 23.9 Å². The van der Waals surface area contributed by atoms with E-state index in [4.69, 9.17) is 5.11 Å². The lowest BCUT2D eigenvalue weighted by atomic mass is 10.0. The van der Waals surface area contributed by atoms with E-state index in [0.717, 1.165) is 22.3 Å². The van der Waals surface area contributed by atoms with Gasteiger partial charge >= 0.3 is 12.0 Å². The topological polar surface area (TPSA) is 129 Å². The Morgan fingerprint density at radius 2 is 2.10 bits per heavy atom. The van der Waals surface area contributed by atoms with E-state index >= 15 is 0 Å². The van der Waals surface area contributed by atoms with E-state index in [2.05, 4.69) is 15.6 Å². The molecule has 1 saturated heterocycles. The number of imide groups is 1. The number of hydrogen-bond donors (Lipinski definition) is 3. The maximum atomic E-state index is 13.6. The molecule has 3 rings (SSSR count). The molecule has 30 heavy (non-hydrogen) atoms. The highest BCUT2D eigenvalue weighted by Gasteiger charge is 2.45.